The summed E-state index contributed by atoms with van der Waals surface area (Å²) in [6.45, 7) is 1.72. The standard InChI is InChI=1S/C21H15F6NO2S/c1-2-30-19(29)17-16(11-12-3-7-14(8-4-12)20(22,23)24)28-18(31-17)13-5-9-15(10-6-13)21(25,26)27/h3-10H,2,11H2,1H3. The molecule has 2 aromatic carbocycles. The molecule has 0 N–H and O–H groups in total. The third kappa shape index (κ3) is 5.43. The summed E-state index contributed by atoms with van der Waals surface area (Å²) in [5, 5.41) is 0.304. The van der Waals surface area contributed by atoms with Gasteiger partial charge < -0.3 is 4.74 Å². The van der Waals surface area contributed by atoms with E-state index in [1.54, 1.807) is 6.92 Å². The van der Waals surface area contributed by atoms with Gasteiger partial charge in [0, 0.05) is 12.0 Å². The van der Waals surface area contributed by atoms with Gasteiger partial charge in [-0.05, 0) is 36.8 Å². The minimum Gasteiger partial charge on any atom is -0.462 e. The minimum absolute atomic E-state index is 0.0589. The molecule has 0 amide bonds. The number of carbonyl (C=O) groups is 1. The molecule has 0 aliphatic carbocycles. The van der Waals surface area contributed by atoms with Gasteiger partial charge in [0.15, 0.2) is 0 Å². The highest BCUT2D eigenvalue weighted by Crippen LogP contribution is 2.34. The molecule has 10 heteroatoms. The van der Waals surface area contributed by atoms with Gasteiger partial charge in [0.05, 0.1) is 23.4 Å². The highest BCUT2D eigenvalue weighted by molar-refractivity contribution is 7.17. The van der Waals surface area contributed by atoms with Crippen LogP contribution in [0.5, 0.6) is 0 Å². The smallest absolute Gasteiger partial charge is 0.416 e. The van der Waals surface area contributed by atoms with Crippen LogP contribution in [-0.4, -0.2) is 17.6 Å². The van der Waals surface area contributed by atoms with Gasteiger partial charge in [-0.15, -0.1) is 11.3 Å². The summed E-state index contributed by atoms with van der Waals surface area (Å²) in [7, 11) is 0. The van der Waals surface area contributed by atoms with E-state index < -0.39 is 29.4 Å². The molecule has 31 heavy (non-hydrogen) atoms. The fourth-order valence-corrected chi connectivity index (χ4v) is 3.74. The van der Waals surface area contributed by atoms with Gasteiger partial charge in [0.2, 0.25) is 0 Å². The zero-order valence-corrected chi connectivity index (χ0v) is 16.8. The number of ether oxygens (including phenoxy) is 1. The summed E-state index contributed by atoms with van der Waals surface area (Å²) >= 11 is 0.954. The lowest BCUT2D eigenvalue weighted by atomic mass is 10.1. The number of nitrogens with zero attached hydrogens (tertiary/aromatic N) is 1. The predicted octanol–water partition coefficient (Wildman–Crippen LogP) is 6.62. The largest absolute Gasteiger partial charge is 0.462 e. The molecule has 0 aliphatic rings. The number of halogens is 6. The molecule has 3 nitrogen and oxygen atoms in total. The molecule has 0 saturated carbocycles. The van der Waals surface area contributed by atoms with E-state index in [4.69, 9.17) is 4.74 Å². The van der Waals surface area contributed by atoms with Crippen molar-refractivity contribution in [2.24, 2.45) is 0 Å². The second-order valence-electron chi connectivity index (χ2n) is 6.46. The van der Waals surface area contributed by atoms with Crippen LogP contribution in [0.15, 0.2) is 48.5 Å². The lowest BCUT2D eigenvalue weighted by Gasteiger charge is -2.07. The first-order valence-corrected chi connectivity index (χ1v) is 9.81. The van der Waals surface area contributed by atoms with E-state index in [-0.39, 0.29) is 23.6 Å². The Kier molecular flexibility index (Phi) is 6.40. The van der Waals surface area contributed by atoms with Gasteiger partial charge in [-0.2, -0.15) is 26.3 Å². The molecular weight excluding hydrogens is 444 g/mol. The molecule has 3 aromatic rings. The highest BCUT2D eigenvalue weighted by Gasteiger charge is 2.31. The number of hydrogen-bond donors (Lipinski definition) is 0. The molecular formula is C21H15F6NO2S. The number of hydrogen-bond acceptors (Lipinski definition) is 4. The molecule has 0 fully saturated rings. The van der Waals surface area contributed by atoms with E-state index in [9.17, 15) is 31.1 Å². The average molecular weight is 459 g/mol. The normalized spacial score (nSPS) is 12.1. The number of carbonyl (C=O) groups excluding carboxylic acids is 1. The van der Waals surface area contributed by atoms with Crippen LogP contribution in [0.1, 0.15) is 39.0 Å². The second kappa shape index (κ2) is 8.70. The Labute approximate surface area is 177 Å². The van der Waals surface area contributed by atoms with Crippen molar-refractivity contribution < 1.29 is 35.9 Å². The summed E-state index contributed by atoms with van der Waals surface area (Å²) in [6.07, 6.45) is -8.89. The SMILES string of the molecule is CCOC(=O)c1sc(-c2ccc(C(F)(F)F)cc2)nc1Cc1ccc(C(F)(F)F)cc1. The molecule has 0 unspecified atom stereocenters. The maximum Gasteiger partial charge on any atom is 0.416 e. The summed E-state index contributed by atoms with van der Waals surface area (Å²) in [5.41, 5.74) is -0.475. The van der Waals surface area contributed by atoms with Crippen LogP contribution in [0.2, 0.25) is 0 Å². The summed E-state index contributed by atoms with van der Waals surface area (Å²) in [6, 6.07) is 8.76. The topological polar surface area (TPSA) is 39.2 Å². The first-order valence-electron chi connectivity index (χ1n) is 8.99. The van der Waals surface area contributed by atoms with Gasteiger partial charge in [-0.1, -0.05) is 24.3 Å². The van der Waals surface area contributed by atoms with E-state index in [1.165, 1.54) is 24.3 Å². The highest BCUT2D eigenvalue weighted by atomic mass is 32.1. The Balaban J connectivity index is 1.94. The quantitative estimate of drug-likeness (QED) is 0.318. The van der Waals surface area contributed by atoms with Crippen LogP contribution in [0.4, 0.5) is 26.3 Å². The van der Waals surface area contributed by atoms with Crippen molar-refractivity contribution in [2.75, 3.05) is 6.61 Å². The number of rotatable bonds is 5. The van der Waals surface area contributed by atoms with E-state index in [0.29, 0.717) is 16.1 Å². The van der Waals surface area contributed by atoms with Crippen molar-refractivity contribution in [3.05, 3.63) is 75.8 Å². The molecule has 0 bridgehead atoms. The van der Waals surface area contributed by atoms with Gasteiger partial charge in [-0.3, -0.25) is 0 Å². The van der Waals surface area contributed by atoms with Crippen LogP contribution >= 0.6 is 11.3 Å². The molecule has 0 aliphatic heterocycles. The maximum absolute atomic E-state index is 12.8. The molecule has 164 valence electrons. The van der Waals surface area contributed by atoms with Crippen molar-refractivity contribution in [1.82, 2.24) is 4.98 Å². The first kappa shape index (κ1) is 22.8. The fraction of sp³-hybridized carbons (Fsp3) is 0.238. The molecule has 0 radical (unpaired) electrons. The predicted molar refractivity (Wildman–Crippen MR) is 103 cm³/mol. The van der Waals surface area contributed by atoms with E-state index in [1.807, 2.05) is 0 Å². The Bertz CT molecular complexity index is 1050. The summed E-state index contributed by atoms with van der Waals surface area (Å²) < 4.78 is 81.6. The van der Waals surface area contributed by atoms with Crippen molar-refractivity contribution in [1.29, 1.82) is 0 Å². The zero-order chi connectivity index (χ0) is 22.8. The maximum atomic E-state index is 12.8. The van der Waals surface area contributed by atoms with E-state index >= 15 is 0 Å². The number of aromatic nitrogens is 1. The van der Waals surface area contributed by atoms with Gasteiger partial charge in [0.25, 0.3) is 0 Å². The molecule has 1 heterocycles. The van der Waals surface area contributed by atoms with Crippen molar-refractivity contribution in [3.8, 4) is 10.6 Å². The van der Waals surface area contributed by atoms with Gasteiger partial charge in [-0.25, -0.2) is 9.78 Å². The molecule has 1 aromatic heterocycles. The molecule has 0 atom stereocenters. The van der Waals surface area contributed by atoms with Crippen LogP contribution < -0.4 is 0 Å². The number of alkyl halides is 6. The first-order chi connectivity index (χ1) is 14.5. The Hall–Kier alpha value is -2.88. The Morgan fingerprint density at radius 2 is 1.42 bits per heavy atom. The van der Waals surface area contributed by atoms with Crippen LogP contribution in [0, 0.1) is 0 Å². The summed E-state index contributed by atoms with van der Waals surface area (Å²) in [5.74, 6) is -0.653. The fourth-order valence-electron chi connectivity index (χ4n) is 2.76. The second-order valence-corrected chi connectivity index (χ2v) is 7.46. The monoisotopic (exact) mass is 459 g/mol. The molecule has 0 saturated heterocycles. The number of thiazole rings is 1. The lowest BCUT2D eigenvalue weighted by Crippen LogP contribution is -2.07. The summed E-state index contributed by atoms with van der Waals surface area (Å²) in [4.78, 5) is 16.8. The van der Waals surface area contributed by atoms with Crippen LogP contribution in [0.25, 0.3) is 10.6 Å². The number of benzene rings is 2. The third-order valence-electron chi connectivity index (χ3n) is 4.27. The average Bonchev–Trinajstić information content (AvgIpc) is 3.11. The zero-order valence-electron chi connectivity index (χ0n) is 16.0. The number of esters is 1. The van der Waals surface area contributed by atoms with Crippen molar-refractivity contribution >= 4 is 17.3 Å². The van der Waals surface area contributed by atoms with Gasteiger partial charge >= 0.3 is 18.3 Å². The van der Waals surface area contributed by atoms with Crippen molar-refractivity contribution in [3.63, 3.8) is 0 Å². The van der Waals surface area contributed by atoms with Gasteiger partial charge in [0.1, 0.15) is 9.88 Å². The van der Waals surface area contributed by atoms with Crippen molar-refractivity contribution in [2.45, 2.75) is 25.7 Å². The Morgan fingerprint density at radius 1 is 0.903 bits per heavy atom. The molecule has 3 rings (SSSR count). The van der Waals surface area contributed by atoms with E-state index in [2.05, 4.69) is 4.98 Å². The molecule has 0 spiro atoms. The minimum atomic E-state index is -4.48. The lowest BCUT2D eigenvalue weighted by molar-refractivity contribution is -0.138. The van der Waals surface area contributed by atoms with Crippen LogP contribution in [0.3, 0.4) is 0 Å². The van der Waals surface area contributed by atoms with E-state index in [0.717, 1.165) is 35.6 Å². The van der Waals surface area contributed by atoms with Crippen LogP contribution in [-0.2, 0) is 23.5 Å². The Morgan fingerprint density at radius 3 is 1.90 bits per heavy atom. The third-order valence-corrected chi connectivity index (χ3v) is 5.40.